The Morgan fingerprint density at radius 1 is 1.17 bits per heavy atom. The molecule has 2 aromatic rings. The van der Waals surface area contributed by atoms with Crippen molar-refractivity contribution in [3.05, 3.63) is 62.0 Å². The number of hydrogen-bond donors (Lipinski definition) is 1. The normalized spacial score (nSPS) is 24.6. The van der Waals surface area contributed by atoms with E-state index in [1.165, 1.54) is 7.11 Å². The van der Waals surface area contributed by atoms with Crippen molar-refractivity contribution in [3.8, 4) is 11.4 Å². The first-order valence-electron chi connectivity index (χ1n) is 11.2. The fourth-order valence-corrected chi connectivity index (χ4v) is 3.86. The number of anilines is 1. The molecule has 1 aliphatic rings. The van der Waals surface area contributed by atoms with E-state index in [1.54, 1.807) is 60.6 Å². The smallest absolute Gasteiger partial charge is 0.414 e. The first-order chi connectivity index (χ1) is 16.9. The number of ether oxygens (including phenoxy) is 5. The SMILES string of the molecule is C=C/C=C(\C=C)n1cnc(-c2ccc(NC(=O)O[C@@H]3O[C@@H](C)[C@H](OC)[C@@H](OCC)[C@H]3OC)cc2)n1. The van der Waals surface area contributed by atoms with Crippen LogP contribution in [0.15, 0.2) is 62.0 Å². The summed E-state index contributed by atoms with van der Waals surface area (Å²) < 4.78 is 29.9. The maximum Gasteiger partial charge on any atom is 0.414 e. The number of methoxy groups -OCH3 is 2. The molecule has 2 heterocycles. The summed E-state index contributed by atoms with van der Waals surface area (Å²) in [5.41, 5.74) is 2.06. The second-order valence-electron chi connectivity index (χ2n) is 7.68. The monoisotopic (exact) mass is 484 g/mol. The molecule has 5 atom stereocenters. The second kappa shape index (κ2) is 12.4. The molecule has 3 rings (SSSR count). The molecule has 1 aromatic carbocycles. The number of hydrogen-bond acceptors (Lipinski definition) is 8. The van der Waals surface area contributed by atoms with E-state index in [0.717, 1.165) is 11.3 Å². The van der Waals surface area contributed by atoms with E-state index in [-0.39, 0.29) is 12.2 Å². The predicted molar refractivity (Wildman–Crippen MR) is 132 cm³/mol. The van der Waals surface area contributed by atoms with Gasteiger partial charge in [0.25, 0.3) is 0 Å². The Bertz CT molecular complexity index is 1030. The molecule has 10 heteroatoms. The lowest BCUT2D eigenvalue weighted by Crippen LogP contribution is -2.60. The number of carbonyl (C=O) groups is 1. The summed E-state index contributed by atoms with van der Waals surface area (Å²) >= 11 is 0. The number of carbonyl (C=O) groups excluding carboxylic acids is 1. The van der Waals surface area contributed by atoms with Crippen LogP contribution in [0.4, 0.5) is 10.5 Å². The number of nitrogens with zero attached hydrogens (tertiary/aromatic N) is 3. The number of aromatic nitrogens is 3. The predicted octanol–water partition coefficient (Wildman–Crippen LogP) is 3.89. The molecule has 1 aliphatic heterocycles. The van der Waals surface area contributed by atoms with Gasteiger partial charge in [0.2, 0.25) is 6.29 Å². The van der Waals surface area contributed by atoms with Crippen LogP contribution in [0.5, 0.6) is 0 Å². The molecule has 0 unspecified atom stereocenters. The van der Waals surface area contributed by atoms with Gasteiger partial charge in [-0.15, -0.1) is 5.10 Å². The van der Waals surface area contributed by atoms with Crippen LogP contribution >= 0.6 is 0 Å². The Kier molecular flexibility index (Phi) is 9.32. The molecule has 10 nitrogen and oxygen atoms in total. The Balaban J connectivity index is 1.65. The zero-order chi connectivity index (χ0) is 25.4. The summed E-state index contributed by atoms with van der Waals surface area (Å²) in [4.78, 5) is 16.9. The third kappa shape index (κ3) is 6.23. The Labute approximate surface area is 205 Å². The second-order valence-corrected chi connectivity index (χ2v) is 7.68. The fourth-order valence-electron chi connectivity index (χ4n) is 3.86. The maximum atomic E-state index is 12.6. The number of rotatable bonds is 10. The maximum absolute atomic E-state index is 12.6. The average Bonchev–Trinajstić information content (AvgIpc) is 3.33. The minimum Gasteiger partial charge on any atom is -0.416 e. The summed E-state index contributed by atoms with van der Waals surface area (Å²) in [6.45, 7) is 11.6. The Morgan fingerprint density at radius 2 is 1.89 bits per heavy atom. The largest absolute Gasteiger partial charge is 0.416 e. The van der Waals surface area contributed by atoms with Crippen molar-refractivity contribution in [2.75, 3.05) is 26.1 Å². The van der Waals surface area contributed by atoms with Gasteiger partial charge in [-0.1, -0.05) is 19.2 Å². The third-order valence-electron chi connectivity index (χ3n) is 5.50. The van der Waals surface area contributed by atoms with Gasteiger partial charge < -0.3 is 23.7 Å². The van der Waals surface area contributed by atoms with Gasteiger partial charge in [0, 0.05) is 32.1 Å². The minimum absolute atomic E-state index is 0.359. The van der Waals surface area contributed by atoms with Crippen LogP contribution in [0.1, 0.15) is 13.8 Å². The summed E-state index contributed by atoms with van der Waals surface area (Å²) in [6.07, 6.45) is 3.21. The lowest BCUT2D eigenvalue weighted by atomic mass is 9.99. The van der Waals surface area contributed by atoms with Gasteiger partial charge in [0.1, 0.15) is 24.6 Å². The summed E-state index contributed by atoms with van der Waals surface area (Å²) in [5.74, 6) is 0.526. The standard InChI is InChI=1S/C25H32N4O6/c1-7-10-19(8-2)29-15-26-23(28-29)17-11-13-18(14-12-17)27-25(30)35-24-22(32-6)21(33-9-3)20(31-5)16(4)34-24/h7-8,10-16,20-22,24H,1-2,9H2,3-6H3,(H,27,30)/b19-10+/t16-,20-,21+,22+,24-/m0/s1. The molecule has 1 N–H and O–H groups in total. The number of nitrogens with one attached hydrogen (secondary N) is 1. The van der Waals surface area contributed by atoms with Crippen molar-refractivity contribution in [3.63, 3.8) is 0 Å². The van der Waals surface area contributed by atoms with Gasteiger partial charge in [-0.3, -0.25) is 5.32 Å². The van der Waals surface area contributed by atoms with E-state index in [9.17, 15) is 4.79 Å². The molecule has 1 saturated heterocycles. The lowest BCUT2D eigenvalue weighted by Gasteiger charge is -2.43. The molecule has 1 amide bonds. The number of benzene rings is 1. The van der Waals surface area contributed by atoms with Gasteiger partial charge in [-0.05, 0) is 50.3 Å². The molecule has 188 valence electrons. The highest BCUT2D eigenvalue weighted by molar-refractivity contribution is 5.85. The topological polar surface area (TPSA) is 106 Å². The molecular formula is C25H32N4O6. The quantitative estimate of drug-likeness (QED) is 0.507. The number of amides is 1. The van der Waals surface area contributed by atoms with E-state index in [0.29, 0.717) is 18.1 Å². The van der Waals surface area contributed by atoms with Gasteiger partial charge in [-0.2, -0.15) is 0 Å². The zero-order valence-electron chi connectivity index (χ0n) is 20.4. The van der Waals surface area contributed by atoms with Crippen LogP contribution in [0.25, 0.3) is 17.1 Å². The fraction of sp³-hybridized carbons (Fsp3) is 0.400. The molecule has 0 aliphatic carbocycles. The van der Waals surface area contributed by atoms with E-state index in [2.05, 4.69) is 28.6 Å². The van der Waals surface area contributed by atoms with Gasteiger partial charge in [0.05, 0.1) is 11.8 Å². The van der Waals surface area contributed by atoms with E-state index in [1.807, 2.05) is 13.8 Å². The van der Waals surface area contributed by atoms with Crippen molar-refractivity contribution >= 4 is 17.5 Å². The van der Waals surface area contributed by atoms with Crippen LogP contribution in [-0.2, 0) is 23.7 Å². The first kappa shape index (κ1) is 26.3. The highest BCUT2D eigenvalue weighted by Gasteiger charge is 2.47. The Hall–Kier alpha value is -3.31. The molecule has 35 heavy (non-hydrogen) atoms. The summed E-state index contributed by atoms with van der Waals surface area (Å²) in [7, 11) is 3.09. The highest BCUT2D eigenvalue weighted by atomic mass is 16.7. The van der Waals surface area contributed by atoms with Crippen LogP contribution in [0, 0.1) is 0 Å². The lowest BCUT2D eigenvalue weighted by molar-refractivity contribution is -0.292. The van der Waals surface area contributed by atoms with E-state index < -0.39 is 24.6 Å². The van der Waals surface area contributed by atoms with Gasteiger partial charge >= 0.3 is 6.09 Å². The summed E-state index contributed by atoms with van der Waals surface area (Å²) in [5, 5.41) is 7.15. The zero-order valence-corrected chi connectivity index (χ0v) is 20.4. The minimum atomic E-state index is -0.965. The highest BCUT2D eigenvalue weighted by Crippen LogP contribution is 2.28. The van der Waals surface area contributed by atoms with Crippen LogP contribution in [-0.4, -0.2) is 72.4 Å². The molecule has 0 saturated carbocycles. The van der Waals surface area contributed by atoms with E-state index in [4.69, 9.17) is 23.7 Å². The average molecular weight is 485 g/mol. The van der Waals surface area contributed by atoms with Gasteiger partial charge in [-0.25, -0.2) is 14.5 Å². The molecule has 0 spiro atoms. The number of allylic oxidation sites excluding steroid dienone is 4. The van der Waals surface area contributed by atoms with Crippen molar-refractivity contribution in [2.24, 2.45) is 0 Å². The summed E-state index contributed by atoms with van der Waals surface area (Å²) in [6, 6.07) is 7.05. The van der Waals surface area contributed by atoms with Crippen molar-refractivity contribution < 1.29 is 28.5 Å². The van der Waals surface area contributed by atoms with E-state index >= 15 is 0 Å². The first-order valence-corrected chi connectivity index (χ1v) is 11.2. The van der Waals surface area contributed by atoms with Crippen LogP contribution in [0.3, 0.4) is 0 Å². The van der Waals surface area contributed by atoms with Gasteiger partial charge in [0.15, 0.2) is 5.82 Å². The molecule has 1 aromatic heterocycles. The molecule has 1 fully saturated rings. The molecular weight excluding hydrogens is 452 g/mol. The van der Waals surface area contributed by atoms with Crippen molar-refractivity contribution in [1.82, 2.24) is 14.8 Å². The van der Waals surface area contributed by atoms with Crippen molar-refractivity contribution in [1.29, 1.82) is 0 Å². The third-order valence-corrected chi connectivity index (χ3v) is 5.50. The van der Waals surface area contributed by atoms with Crippen molar-refractivity contribution in [2.45, 2.75) is 44.6 Å². The van der Waals surface area contributed by atoms with Crippen LogP contribution < -0.4 is 5.32 Å². The van der Waals surface area contributed by atoms with Crippen LogP contribution in [0.2, 0.25) is 0 Å². The molecule has 0 radical (unpaired) electrons. The Morgan fingerprint density at radius 3 is 2.49 bits per heavy atom. The molecule has 0 bridgehead atoms.